The molecule has 7 heteroatoms. The molecule has 158 valence electrons. The Morgan fingerprint density at radius 1 is 1.07 bits per heavy atom. The molecular formula is C22H33N5OS. The van der Waals surface area contributed by atoms with Crippen LogP contribution >= 0.6 is 11.8 Å². The summed E-state index contributed by atoms with van der Waals surface area (Å²) in [6.45, 7) is 6.73. The summed E-state index contributed by atoms with van der Waals surface area (Å²) in [7, 11) is 0. The van der Waals surface area contributed by atoms with Crippen molar-refractivity contribution in [3.63, 3.8) is 0 Å². The number of nitrogens with one attached hydrogen (secondary N) is 1. The smallest absolute Gasteiger partial charge is 0.230 e. The van der Waals surface area contributed by atoms with Gasteiger partial charge in [-0.1, -0.05) is 68.3 Å². The van der Waals surface area contributed by atoms with Crippen molar-refractivity contribution in [1.29, 1.82) is 0 Å². The van der Waals surface area contributed by atoms with Gasteiger partial charge in [0.15, 0.2) is 5.16 Å². The molecular weight excluding hydrogens is 382 g/mol. The number of unbranched alkanes of at least 4 members (excludes halogenated alkanes) is 2. The van der Waals surface area contributed by atoms with E-state index in [-0.39, 0.29) is 5.91 Å². The zero-order valence-corrected chi connectivity index (χ0v) is 18.3. The molecule has 0 atom stereocenters. The Balaban J connectivity index is 1.64. The van der Waals surface area contributed by atoms with Crippen molar-refractivity contribution in [2.45, 2.75) is 63.7 Å². The summed E-state index contributed by atoms with van der Waals surface area (Å²) in [5.41, 5.74) is 1.22. The van der Waals surface area contributed by atoms with Gasteiger partial charge in [-0.2, -0.15) is 0 Å². The van der Waals surface area contributed by atoms with Gasteiger partial charge in [0, 0.05) is 6.54 Å². The zero-order valence-electron chi connectivity index (χ0n) is 17.5. The van der Waals surface area contributed by atoms with E-state index in [9.17, 15) is 4.79 Å². The molecule has 0 radical (unpaired) electrons. The Bertz CT molecular complexity index is 743. The fraction of sp³-hybridized carbons (Fsp3) is 0.591. The molecule has 0 aliphatic carbocycles. The Kier molecular flexibility index (Phi) is 9.02. The topological polar surface area (TPSA) is 63.1 Å². The standard InChI is InChI=1S/C22H33N5OS/c1-2-3-8-13-23-21(28)18-29-22-25-24-20(17-26-14-9-5-10-15-26)27(22)16-19-11-6-4-7-12-19/h4,6-7,11-12H,2-3,5,8-10,13-18H2,1H3,(H,23,28). The lowest BCUT2D eigenvalue weighted by molar-refractivity contribution is -0.118. The highest BCUT2D eigenvalue weighted by Crippen LogP contribution is 2.21. The van der Waals surface area contributed by atoms with Crippen LogP contribution < -0.4 is 5.32 Å². The number of nitrogens with zero attached hydrogens (tertiary/aromatic N) is 4. The van der Waals surface area contributed by atoms with Gasteiger partial charge in [-0.3, -0.25) is 9.69 Å². The van der Waals surface area contributed by atoms with E-state index in [0.717, 1.165) is 63.0 Å². The van der Waals surface area contributed by atoms with Crippen molar-refractivity contribution in [2.75, 3.05) is 25.4 Å². The second-order valence-corrected chi connectivity index (χ2v) is 8.60. The number of amides is 1. The van der Waals surface area contributed by atoms with E-state index in [4.69, 9.17) is 0 Å². The molecule has 1 amide bonds. The number of thioether (sulfide) groups is 1. The van der Waals surface area contributed by atoms with Crippen LogP contribution in [0.2, 0.25) is 0 Å². The molecule has 0 bridgehead atoms. The van der Waals surface area contributed by atoms with E-state index < -0.39 is 0 Å². The van der Waals surface area contributed by atoms with Crippen LogP contribution in [0.1, 0.15) is 56.8 Å². The third-order valence-electron chi connectivity index (χ3n) is 5.23. The zero-order chi connectivity index (χ0) is 20.3. The molecule has 1 aliphatic heterocycles. The first kappa shape index (κ1) is 21.8. The fourth-order valence-corrected chi connectivity index (χ4v) is 4.36. The molecule has 0 saturated carbocycles. The first-order chi connectivity index (χ1) is 14.3. The van der Waals surface area contributed by atoms with Crippen LogP contribution in [-0.2, 0) is 17.9 Å². The number of carbonyl (C=O) groups is 1. The monoisotopic (exact) mass is 415 g/mol. The van der Waals surface area contributed by atoms with Gasteiger partial charge in [0.05, 0.1) is 18.8 Å². The molecule has 1 fully saturated rings. The highest BCUT2D eigenvalue weighted by molar-refractivity contribution is 7.99. The molecule has 2 aromatic rings. The van der Waals surface area contributed by atoms with Gasteiger partial charge in [0.25, 0.3) is 0 Å². The van der Waals surface area contributed by atoms with Gasteiger partial charge in [-0.25, -0.2) is 0 Å². The van der Waals surface area contributed by atoms with Gasteiger partial charge in [0.2, 0.25) is 5.91 Å². The maximum atomic E-state index is 12.2. The number of hydrogen-bond acceptors (Lipinski definition) is 5. The minimum absolute atomic E-state index is 0.0675. The van der Waals surface area contributed by atoms with Gasteiger partial charge in [-0.05, 0) is 37.9 Å². The van der Waals surface area contributed by atoms with E-state index in [1.165, 1.54) is 36.6 Å². The maximum absolute atomic E-state index is 12.2. The van der Waals surface area contributed by atoms with E-state index in [2.05, 4.69) is 56.2 Å². The minimum atomic E-state index is 0.0675. The molecule has 1 saturated heterocycles. The van der Waals surface area contributed by atoms with Crippen LogP contribution in [0.4, 0.5) is 0 Å². The Morgan fingerprint density at radius 2 is 1.86 bits per heavy atom. The Labute approximate surface area is 178 Å². The summed E-state index contributed by atoms with van der Waals surface area (Å²) in [6.07, 6.45) is 7.18. The number of carbonyl (C=O) groups excluding carboxylic acids is 1. The average Bonchev–Trinajstić information content (AvgIpc) is 3.12. The molecule has 1 aromatic carbocycles. The van der Waals surface area contributed by atoms with E-state index in [1.54, 1.807) is 0 Å². The number of piperidine rings is 1. The molecule has 1 aliphatic rings. The number of hydrogen-bond donors (Lipinski definition) is 1. The number of likely N-dealkylation sites (tertiary alicyclic amines) is 1. The molecule has 3 rings (SSSR count). The van der Waals surface area contributed by atoms with Crippen LogP contribution in [0.5, 0.6) is 0 Å². The first-order valence-corrected chi connectivity index (χ1v) is 11.8. The number of benzene rings is 1. The number of aromatic nitrogens is 3. The molecule has 6 nitrogen and oxygen atoms in total. The largest absolute Gasteiger partial charge is 0.355 e. The number of rotatable bonds is 11. The molecule has 2 heterocycles. The van der Waals surface area contributed by atoms with Gasteiger partial charge >= 0.3 is 0 Å². The third-order valence-corrected chi connectivity index (χ3v) is 6.19. The highest BCUT2D eigenvalue weighted by Gasteiger charge is 2.18. The van der Waals surface area contributed by atoms with Crippen LogP contribution in [0.25, 0.3) is 0 Å². The molecule has 29 heavy (non-hydrogen) atoms. The van der Waals surface area contributed by atoms with Crippen LogP contribution in [-0.4, -0.2) is 51.0 Å². The second kappa shape index (κ2) is 12.0. The quantitative estimate of drug-likeness (QED) is 0.448. The second-order valence-electron chi connectivity index (χ2n) is 7.65. The lowest BCUT2D eigenvalue weighted by Gasteiger charge is -2.26. The Morgan fingerprint density at radius 3 is 2.62 bits per heavy atom. The fourth-order valence-electron chi connectivity index (χ4n) is 3.57. The van der Waals surface area contributed by atoms with Crippen LogP contribution in [0.15, 0.2) is 35.5 Å². The minimum Gasteiger partial charge on any atom is -0.355 e. The van der Waals surface area contributed by atoms with E-state index in [1.807, 2.05) is 6.07 Å². The van der Waals surface area contributed by atoms with Crippen molar-refractivity contribution >= 4 is 17.7 Å². The summed E-state index contributed by atoms with van der Waals surface area (Å²) in [4.78, 5) is 14.6. The molecule has 1 N–H and O–H groups in total. The molecule has 0 spiro atoms. The van der Waals surface area contributed by atoms with Crippen molar-refractivity contribution in [2.24, 2.45) is 0 Å². The molecule has 0 unspecified atom stereocenters. The average molecular weight is 416 g/mol. The van der Waals surface area contributed by atoms with Crippen molar-refractivity contribution < 1.29 is 4.79 Å². The lowest BCUT2D eigenvalue weighted by Crippen LogP contribution is -2.30. The normalized spacial score (nSPS) is 14.8. The summed E-state index contributed by atoms with van der Waals surface area (Å²) < 4.78 is 2.18. The summed E-state index contributed by atoms with van der Waals surface area (Å²) in [5, 5.41) is 12.7. The lowest BCUT2D eigenvalue weighted by atomic mass is 10.1. The predicted molar refractivity (Wildman–Crippen MR) is 118 cm³/mol. The Hall–Kier alpha value is -1.86. The predicted octanol–water partition coefficient (Wildman–Crippen LogP) is 3.71. The van der Waals surface area contributed by atoms with Gasteiger partial charge in [-0.15, -0.1) is 10.2 Å². The van der Waals surface area contributed by atoms with Crippen molar-refractivity contribution in [3.05, 3.63) is 41.7 Å². The third kappa shape index (κ3) is 7.16. The van der Waals surface area contributed by atoms with Gasteiger partial charge < -0.3 is 9.88 Å². The highest BCUT2D eigenvalue weighted by atomic mass is 32.2. The van der Waals surface area contributed by atoms with Gasteiger partial charge in [0.1, 0.15) is 5.82 Å². The van der Waals surface area contributed by atoms with E-state index in [0.29, 0.717) is 5.75 Å². The van der Waals surface area contributed by atoms with Crippen molar-refractivity contribution in [1.82, 2.24) is 25.0 Å². The van der Waals surface area contributed by atoms with Crippen LogP contribution in [0.3, 0.4) is 0 Å². The van der Waals surface area contributed by atoms with Crippen molar-refractivity contribution in [3.8, 4) is 0 Å². The van der Waals surface area contributed by atoms with E-state index >= 15 is 0 Å². The van der Waals surface area contributed by atoms with Crippen LogP contribution in [0, 0.1) is 0 Å². The SMILES string of the molecule is CCCCCNC(=O)CSc1nnc(CN2CCCCC2)n1Cc1ccccc1. The molecule has 1 aromatic heterocycles. The summed E-state index contributed by atoms with van der Waals surface area (Å²) in [5.74, 6) is 1.43. The summed E-state index contributed by atoms with van der Waals surface area (Å²) in [6, 6.07) is 10.4. The summed E-state index contributed by atoms with van der Waals surface area (Å²) >= 11 is 1.48. The first-order valence-electron chi connectivity index (χ1n) is 10.8. The maximum Gasteiger partial charge on any atom is 0.230 e.